The summed E-state index contributed by atoms with van der Waals surface area (Å²) in [4.78, 5) is 4.44. The number of aryl methyl sites for hydroxylation is 1. The summed E-state index contributed by atoms with van der Waals surface area (Å²) in [7, 11) is -1.47. The molecular weight excluding hydrogens is 240 g/mol. The molecule has 0 aliphatic heterocycles. The Hall–Kier alpha value is -1.75. The summed E-state index contributed by atoms with van der Waals surface area (Å²) in [6.07, 6.45) is 1.79. The predicted molar refractivity (Wildman–Crippen MR) is 77.8 cm³/mol. The number of rotatable bonds is 3. The Balaban J connectivity index is 2.24. The second-order valence-corrected chi connectivity index (χ2v) is 10.4. The lowest BCUT2D eigenvalue weighted by molar-refractivity contribution is 0.942. The van der Waals surface area contributed by atoms with E-state index in [1.807, 2.05) is 12.1 Å². The van der Waals surface area contributed by atoms with Crippen molar-refractivity contribution in [2.24, 2.45) is 4.99 Å². The zero-order valence-electron chi connectivity index (χ0n) is 11.2. The van der Waals surface area contributed by atoms with Gasteiger partial charge in [-0.2, -0.15) is 15.4 Å². The van der Waals surface area contributed by atoms with Crippen LogP contribution in [0.3, 0.4) is 0 Å². The van der Waals surface area contributed by atoms with Gasteiger partial charge < -0.3 is 0 Å². The van der Waals surface area contributed by atoms with Crippen LogP contribution in [0.1, 0.15) is 11.3 Å². The van der Waals surface area contributed by atoms with Crippen molar-refractivity contribution in [3.63, 3.8) is 0 Å². The van der Waals surface area contributed by atoms with Crippen LogP contribution in [-0.4, -0.2) is 29.7 Å². The Kier molecular flexibility index (Phi) is 3.42. The molecule has 0 fully saturated rings. The van der Waals surface area contributed by atoms with Crippen LogP contribution in [0.4, 0.5) is 5.69 Å². The van der Waals surface area contributed by atoms with Crippen molar-refractivity contribution >= 4 is 25.3 Å². The average molecular weight is 258 g/mol. The summed E-state index contributed by atoms with van der Waals surface area (Å²) in [5, 5.41) is 12.2. The largest absolute Gasteiger partial charge is 0.255 e. The van der Waals surface area contributed by atoms with Crippen LogP contribution >= 0.6 is 0 Å². The average Bonchev–Trinajstić information content (AvgIpc) is 2.76. The summed E-state index contributed by atoms with van der Waals surface area (Å²) >= 11 is 0. The predicted octanol–water partition coefficient (Wildman–Crippen LogP) is 2.41. The third-order valence-electron chi connectivity index (χ3n) is 2.66. The molecule has 1 aromatic carbocycles. The number of nitrogens with one attached hydrogen (secondary N) is 1. The fourth-order valence-electron chi connectivity index (χ4n) is 1.65. The van der Waals surface area contributed by atoms with E-state index in [2.05, 4.69) is 59.1 Å². The van der Waals surface area contributed by atoms with Gasteiger partial charge in [-0.3, -0.25) is 4.99 Å². The SMILES string of the molecule is Cc1ccc(N=Cc2n[nH]nc2[Si](C)(C)C)cc1. The molecule has 0 saturated carbocycles. The van der Waals surface area contributed by atoms with E-state index >= 15 is 0 Å². The number of benzene rings is 1. The molecule has 0 amide bonds. The van der Waals surface area contributed by atoms with E-state index in [9.17, 15) is 0 Å². The number of aromatic nitrogens is 3. The van der Waals surface area contributed by atoms with Gasteiger partial charge >= 0.3 is 0 Å². The highest BCUT2D eigenvalue weighted by Gasteiger charge is 2.23. The summed E-state index contributed by atoms with van der Waals surface area (Å²) in [5.41, 5.74) is 3.03. The Morgan fingerprint density at radius 2 is 1.78 bits per heavy atom. The second-order valence-electron chi connectivity index (χ2n) is 5.40. The van der Waals surface area contributed by atoms with E-state index in [1.54, 1.807) is 6.21 Å². The monoisotopic (exact) mass is 258 g/mol. The van der Waals surface area contributed by atoms with Crippen LogP contribution in [0.2, 0.25) is 19.6 Å². The topological polar surface area (TPSA) is 53.9 Å². The Labute approximate surface area is 108 Å². The van der Waals surface area contributed by atoms with E-state index in [1.165, 1.54) is 5.56 Å². The van der Waals surface area contributed by atoms with Crippen molar-refractivity contribution in [2.75, 3.05) is 0 Å². The van der Waals surface area contributed by atoms with Gasteiger partial charge in [0, 0.05) is 0 Å². The summed E-state index contributed by atoms with van der Waals surface area (Å²) in [6, 6.07) is 8.10. The lowest BCUT2D eigenvalue weighted by atomic mass is 10.2. The molecule has 94 valence electrons. The molecule has 0 bridgehead atoms. The lowest BCUT2D eigenvalue weighted by Gasteiger charge is -2.11. The van der Waals surface area contributed by atoms with E-state index in [4.69, 9.17) is 0 Å². The quantitative estimate of drug-likeness (QED) is 0.679. The van der Waals surface area contributed by atoms with Crippen LogP contribution in [0, 0.1) is 6.92 Å². The molecule has 0 radical (unpaired) electrons. The van der Waals surface area contributed by atoms with Gasteiger partial charge in [0.05, 0.1) is 17.2 Å². The molecule has 0 aliphatic rings. The van der Waals surface area contributed by atoms with Crippen molar-refractivity contribution in [1.29, 1.82) is 0 Å². The van der Waals surface area contributed by atoms with Gasteiger partial charge in [0.2, 0.25) is 0 Å². The number of hydrogen-bond donors (Lipinski definition) is 1. The first-order chi connectivity index (χ1) is 8.47. The molecule has 0 atom stereocenters. The molecule has 5 heteroatoms. The highest BCUT2D eigenvalue weighted by Crippen LogP contribution is 2.12. The first kappa shape index (κ1) is 12.7. The highest BCUT2D eigenvalue weighted by molar-refractivity contribution is 6.88. The minimum atomic E-state index is -1.47. The molecule has 0 unspecified atom stereocenters. The zero-order valence-corrected chi connectivity index (χ0v) is 12.2. The van der Waals surface area contributed by atoms with Gasteiger partial charge in [0.1, 0.15) is 13.8 Å². The molecule has 1 heterocycles. The molecule has 2 rings (SSSR count). The number of hydrogen-bond acceptors (Lipinski definition) is 3. The highest BCUT2D eigenvalue weighted by atomic mass is 28.3. The Morgan fingerprint density at radius 3 is 2.39 bits per heavy atom. The maximum Gasteiger partial charge on any atom is 0.122 e. The smallest absolute Gasteiger partial charge is 0.122 e. The van der Waals surface area contributed by atoms with Crippen molar-refractivity contribution in [1.82, 2.24) is 15.4 Å². The fraction of sp³-hybridized carbons (Fsp3) is 0.308. The van der Waals surface area contributed by atoms with Crippen molar-refractivity contribution in [3.05, 3.63) is 35.5 Å². The minimum absolute atomic E-state index is 0.856. The fourth-order valence-corrected chi connectivity index (χ4v) is 2.92. The number of nitrogens with zero attached hydrogens (tertiary/aromatic N) is 3. The van der Waals surface area contributed by atoms with Crippen molar-refractivity contribution in [2.45, 2.75) is 26.6 Å². The second kappa shape index (κ2) is 4.86. The molecule has 4 nitrogen and oxygen atoms in total. The summed E-state index contributed by atoms with van der Waals surface area (Å²) in [5.74, 6) is 0. The van der Waals surface area contributed by atoms with Crippen molar-refractivity contribution < 1.29 is 0 Å². The molecule has 0 saturated heterocycles. The van der Waals surface area contributed by atoms with Gasteiger partial charge in [-0.1, -0.05) is 37.3 Å². The number of aromatic amines is 1. The lowest BCUT2D eigenvalue weighted by Crippen LogP contribution is -2.41. The standard InChI is InChI=1S/C13H18N4Si/c1-10-5-7-11(8-6-10)14-9-12-13(16-17-15-12)18(2,3)4/h5-9H,1-4H3,(H,15,16,17). The van der Waals surface area contributed by atoms with Crippen LogP contribution in [0.15, 0.2) is 29.3 Å². The van der Waals surface area contributed by atoms with Crippen LogP contribution in [0.5, 0.6) is 0 Å². The van der Waals surface area contributed by atoms with E-state index in [0.29, 0.717) is 0 Å². The summed E-state index contributed by atoms with van der Waals surface area (Å²) < 4.78 is 0. The Bertz CT molecular complexity index is 549. The van der Waals surface area contributed by atoms with E-state index in [0.717, 1.165) is 16.7 Å². The van der Waals surface area contributed by atoms with E-state index < -0.39 is 8.07 Å². The maximum absolute atomic E-state index is 4.44. The third kappa shape index (κ3) is 2.92. The van der Waals surface area contributed by atoms with E-state index in [-0.39, 0.29) is 0 Å². The van der Waals surface area contributed by atoms with Gasteiger partial charge in [0.25, 0.3) is 0 Å². The molecule has 0 aliphatic carbocycles. The van der Waals surface area contributed by atoms with Gasteiger partial charge in [-0.25, -0.2) is 0 Å². The Morgan fingerprint density at radius 1 is 1.11 bits per heavy atom. The first-order valence-electron chi connectivity index (χ1n) is 5.99. The minimum Gasteiger partial charge on any atom is -0.255 e. The van der Waals surface area contributed by atoms with Gasteiger partial charge in [-0.15, -0.1) is 0 Å². The number of aliphatic imine (C=N–C) groups is 1. The molecule has 18 heavy (non-hydrogen) atoms. The van der Waals surface area contributed by atoms with Crippen LogP contribution in [0.25, 0.3) is 0 Å². The maximum atomic E-state index is 4.44. The van der Waals surface area contributed by atoms with Crippen LogP contribution in [-0.2, 0) is 0 Å². The molecule has 0 spiro atoms. The third-order valence-corrected chi connectivity index (χ3v) is 4.44. The van der Waals surface area contributed by atoms with Gasteiger partial charge in [-0.05, 0) is 19.1 Å². The van der Waals surface area contributed by atoms with Gasteiger partial charge in [0.15, 0.2) is 0 Å². The van der Waals surface area contributed by atoms with Crippen LogP contribution < -0.4 is 5.32 Å². The summed E-state index contributed by atoms with van der Waals surface area (Å²) in [6.45, 7) is 8.80. The normalized spacial score (nSPS) is 12.2. The number of H-pyrrole nitrogens is 1. The molecule has 1 N–H and O–H groups in total. The first-order valence-corrected chi connectivity index (χ1v) is 9.49. The molecular formula is C13H18N4Si. The molecule has 2 aromatic rings. The zero-order chi connectivity index (χ0) is 13.2. The van der Waals surface area contributed by atoms with Crippen molar-refractivity contribution in [3.8, 4) is 0 Å². The molecule has 1 aromatic heterocycles.